The lowest BCUT2D eigenvalue weighted by Gasteiger charge is -2.23. The predicted octanol–water partition coefficient (Wildman–Crippen LogP) is 4.90. The van der Waals surface area contributed by atoms with Gasteiger partial charge < -0.3 is 15.4 Å². The van der Waals surface area contributed by atoms with Crippen molar-refractivity contribution < 1.29 is 14.3 Å². The molecule has 2 aromatic carbocycles. The van der Waals surface area contributed by atoms with E-state index >= 15 is 0 Å². The molecule has 0 aliphatic heterocycles. The SMILES string of the molecule is CCCNC(=O)c1ccccc1NC(=O)COc1ccc(Br)cc1C(C)(C)C. The average Bonchev–Trinajstić information content (AvgIpc) is 2.64. The van der Waals surface area contributed by atoms with Crippen molar-refractivity contribution in [3.63, 3.8) is 0 Å². The zero-order valence-electron chi connectivity index (χ0n) is 16.8. The summed E-state index contributed by atoms with van der Waals surface area (Å²) in [4.78, 5) is 24.7. The van der Waals surface area contributed by atoms with Gasteiger partial charge >= 0.3 is 0 Å². The van der Waals surface area contributed by atoms with Crippen LogP contribution >= 0.6 is 15.9 Å². The first-order valence-electron chi connectivity index (χ1n) is 9.32. The Morgan fingerprint density at radius 3 is 2.50 bits per heavy atom. The standard InChI is InChI=1S/C22H27BrN2O3/c1-5-12-24-21(27)16-8-6-7-9-18(16)25-20(26)14-28-19-11-10-15(23)13-17(19)22(2,3)4/h6-11,13H,5,12,14H2,1-4H3,(H,24,27)(H,25,26). The van der Waals surface area contributed by atoms with Gasteiger partial charge in [-0.3, -0.25) is 9.59 Å². The minimum absolute atomic E-state index is 0.125. The van der Waals surface area contributed by atoms with Gasteiger partial charge in [0.1, 0.15) is 5.75 Å². The van der Waals surface area contributed by atoms with Gasteiger partial charge in [-0.25, -0.2) is 0 Å². The fourth-order valence-electron chi connectivity index (χ4n) is 2.67. The molecule has 0 unspecified atom stereocenters. The largest absolute Gasteiger partial charge is 0.483 e. The molecule has 5 nitrogen and oxygen atoms in total. The highest BCUT2D eigenvalue weighted by Crippen LogP contribution is 2.33. The van der Waals surface area contributed by atoms with Crippen molar-refractivity contribution in [2.75, 3.05) is 18.5 Å². The van der Waals surface area contributed by atoms with Gasteiger partial charge in [0.2, 0.25) is 0 Å². The first-order chi connectivity index (χ1) is 13.2. The minimum Gasteiger partial charge on any atom is -0.483 e. The molecule has 6 heteroatoms. The third-order valence-corrected chi connectivity index (χ3v) is 4.58. The number of para-hydroxylation sites is 1. The molecule has 0 radical (unpaired) electrons. The van der Waals surface area contributed by atoms with Gasteiger partial charge in [0.25, 0.3) is 11.8 Å². The highest BCUT2D eigenvalue weighted by Gasteiger charge is 2.20. The zero-order valence-corrected chi connectivity index (χ0v) is 18.4. The summed E-state index contributed by atoms with van der Waals surface area (Å²) >= 11 is 3.48. The number of amides is 2. The quantitative estimate of drug-likeness (QED) is 0.634. The van der Waals surface area contributed by atoms with Crippen LogP contribution in [0.4, 0.5) is 5.69 Å². The summed E-state index contributed by atoms with van der Waals surface area (Å²) < 4.78 is 6.74. The number of rotatable bonds is 7. The molecular formula is C22H27BrN2O3. The van der Waals surface area contributed by atoms with Gasteiger partial charge in [-0.2, -0.15) is 0 Å². The number of hydrogen-bond donors (Lipinski definition) is 2. The first-order valence-corrected chi connectivity index (χ1v) is 10.1. The minimum atomic E-state index is -0.321. The summed E-state index contributed by atoms with van der Waals surface area (Å²) in [6.45, 7) is 8.70. The molecule has 0 aliphatic carbocycles. The first kappa shape index (κ1) is 22.0. The van der Waals surface area contributed by atoms with Crippen LogP contribution in [0.3, 0.4) is 0 Å². The second kappa shape index (κ2) is 9.73. The molecule has 150 valence electrons. The molecule has 28 heavy (non-hydrogen) atoms. The molecule has 0 saturated heterocycles. The molecular weight excluding hydrogens is 420 g/mol. The van der Waals surface area contributed by atoms with E-state index in [9.17, 15) is 9.59 Å². The van der Waals surface area contributed by atoms with Crippen LogP contribution in [-0.4, -0.2) is 25.0 Å². The Kier molecular flexibility index (Phi) is 7.63. The molecule has 0 atom stereocenters. The third kappa shape index (κ3) is 6.09. The van der Waals surface area contributed by atoms with Crippen molar-refractivity contribution in [3.05, 3.63) is 58.1 Å². The highest BCUT2D eigenvalue weighted by atomic mass is 79.9. The van der Waals surface area contributed by atoms with E-state index in [1.807, 2.05) is 25.1 Å². The second-order valence-electron chi connectivity index (χ2n) is 7.53. The molecule has 0 fully saturated rings. The summed E-state index contributed by atoms with van der Waals surface area (Å²) in [7, 11) is 0. The number of halogens is 1. The Hall–Kier alpha value is -2.34. The maximum absolute atomic E-state index is 12.4. The number of carbonyl (C=O) groups is 2. The van der Waals surface area contributed by atoms with Crippen LogP contribution < -0.4 is 15.4 Å². The number of anilines is 1. The zero-order chi connectivity index (χ0) is 20.7. The molecule has 2 rings (SSSR count). The van der Waals surface area contributed by atoms with E-state index in [0.29, 0.717) is 23.5 Å². The van der Waals surface area contributed by atoms with Crippen LogP contribution in [0.25, 0.3) is 0 Å². The van der Waals surface area contributed by atoms with Crippen LogP contribution in [0.1, 0.15) is 50.0 Å². The van der Waals surface area contributed by atoms with E-state index in [2.05, 4.69) is 47.3 Å². The van der Waals surface area contributed by atoms with E-state index in [1.54, 1.807) is 24.3 Å². The molecule has 2 N–H and O–H groups in total. The van der Waals surface area contributed by atoms with Gasteiger partial charge in [-0.05, 0) is 42.2 Å². The summed E-state index contributed by atoms with van der Waals surface area (Å²) in [6, 6.07) is 12.7. The van der Waals surface area contributed by atoms with E-state index in [-0.39, 0.29) is 23.8 Å². The molecule has 0 aromatic heterocycles. The monoisotopic (exact) mass is 446 g/mol. The fraction of sp³-hybridized carbons (Fsp3) is 0.364. The van der Waals surface area contributed by atoms with E-state index in [0.717, 1.165) is 16.5 Å². The summed E-state index contributed by atoms with van der Waals surface area (Å²) in [5.41, 5.74) is 1.79. The van der Waals surface area contributed by atoms with Gasteiger partial charge in [-0.1, -0.05) is 55.8 Å². The number of hydrogen-bond acceptors (Lipinski definition) is 3. The number of nitrogens with one attached hydrogen (secondary N) is 2. The normalized spacial score (nSPS) is 11.0. The molecule has 0 saturated carbocycles. The van der Waals surface area contributed by atoms with Crippen molar-refractivity contribution in [1.29, 1.82) is 0 Å². The van der Waals surface area contributed by atoms with Crippen molar-refractivity contribution in [3.8, 4) is 5.75 Å². The van der Waals surface area contributed by atoms with Gasteiger partial charge in [0.05, 0.1) is 11.3 Å². The van der Waals surface area contributed by atoms with Crippen LogP contribution in [0, 0.1) is 0 Å². The smallest absolute Gasteiger partial charge is 0.262 e. The van der Waals surface area contributed by atoms with Gasteiger partial charge in [0, 0.05) is 16.6 Å². The molecule has 0 heterocycles. The Labute approximate surface area is 175 Å². The molecule has 2 aromatic rings. The van der Waals surface area contributed by atoms with Crippen LogP contribution in [0.5, 0.6) is 5.75 Å². The summed E-state index contributed by atoms with van der Waals surface area (Å²) in [5.74, 6) is 0.139. The second-order valence-corrected chi connectivity index (χ2v) is 8.44. The number of benzene rings is 2. The van der Waals surface area contributed by atoms with Crippen molar-refractivity contribution >= 4 is 33.4 Å². The lowest BCUT2D eigenvalue weighted by atomic mass is 9.86. The molecule has 0 spiro atoms. The third-order valence-electron chi connectivity index (χ3n) is 4.09. The van der Waals surface area contributed by atoms with Crippen molar-refractivity contribution in [2.45, 2.75) is 39.5 Å². The Morgan fingerprint density at radius 1 is 1.11 bits per heavy atom. The highest BCUT2D eigenvalue weighted by molar-refractivity contribution is 9.10. The molecule has 0 bridgehead atoms. The topological polar surface area (TPSA) is 67.4 Å². The van der Waals surface area contributed by atoms with Crippen LogP contribution in [0.2, 0.25) is 0 Å². The number of carbonyl (C=O) groups excluding carboxylic acids is 2. The summed E-state index contributed by atoms with van der Waals surface area (Å²) in [5, 5.41) is 5.60. The molecule has 2 amide bonds. The van der Waals surface area contributed by atoms with Crippen molar-refractivity contribution in [1.82, 2.24) is 5.32 Å². The predicted molar refractivity (Wildman–Crippen MR) is 116 cm³/mol. The van der Waals surface area contributed by atoms with Gasteiger partial charge in [0.15, 0.2) is 6.61 Å². The van der Waals surface area contributed by atoms with Crippen LogP contribution in [0.15, 0.2) is 46.9 Å². The fourth-order valence-corrected chi connectivity index (χ4v) is 3.03. The maximum atomic E-state index is 12.4. The van der Waals surface area contributed by atoms with Crippen LogP contribution in [-0.2, 0) is 10.2 Å². The van der Waals surface area contributed by atoms with Crippen molar-refractivity contribution in [2.24, 2.45) is 0 Å². The van der Waals surface area contributed by atoms with E-state index < -0.39 is 0 Å². The average molecular weight is 447 g/mol. The Morgan fingerprint density at radius 2 is 1.82 bits per heavy atom. The Balaban J connectivity index is 2.08. The molecule has 0 aliphatic rings. The summed E-state index contributed by atoms with van der Waals surface area (Å²) in [6.07, 6.45) is 0.845. The van der Waals surface area contributed by atoms with E-state index in [1.165, 1.54) is 0 Å². The lowest BCUT2D eigenvalue weighted by molar-refractivity contribution is -0.118. The Bertz CT molecular complexity index is 844. The maximum Gasteiger partial charge on any atom is 0.262 e. The van der Waals surface area contributed by atoms with Gasteiger partial charge in [-0.15, -0.1) is 0 Å². The lowest BCUT2D eigenvalue weighted by Crippen LogP contribution is -2.27. The van der Waals surface area contributed by atoms with E-state index in [4.69, 9.17) is 4.74 Å². The number of ether oxygens (including phenoxy) is 1.